The number of nitrogens with zero attached hydrogens (tertiary/aromatic N) is 1. The van der Waals surface area contributed by atoms with Crippen molar-refractivity contribution in [1.82, 2.24) is 10.4 Å². The number of carbonyl (C=O) groups excluding carboxylic acids is 2. The van der Waals surface area contributed by atoms with Gasteiger partial charge in [-0.3, -0.25) is 0 Å². The molecule has 7 heteroatoms. The third kappa shape index (κ3) is 18.7. The highest BCUT2D eigenvalue weighted by Gasteiger charge is 2.37. The van der Waals surface area contributed by atoms with Gasteiger partial charge in [0, 0.05) is 0 Å². The third-order valence-electron chi connectivity index (χ3n) is 3.14. The molecule has 0 atom stereocenters. The Morgan fingerprint density at radius 2 is 1.45 bits per heavy atom. The van der Waals surface area contributed by atoms with Gasteiger partial charge in [-0.1, -0.05) is 0 Å². The lowest BCUT2D eigenvalue weighted by atomic mass is 10.2. The number of nitrogens with one attached hydrogen (secondary N) is 1. The lowest BCUT2D eigenvalue weighted by Crippen LogP contribution is -2.50. The molecule has 3 N–H and O–H groups in total. The van der Waals surface area contributed by atoms with Crippen LogP contribution in [0.2, 0.25) is 0 Å². The molecule has 0 unspecified atom stereocenters. The summed E-state index contributed by atoms with van der Waals surface area (Å²) < 4.78 is 10.4. The molecule has 0 radical (unpaired) electrons. The van der Waals surface area contributed by atoms with Gasteiger partial charge in [-0.15, -0.1) is 25.2 Å². The lowest BCUT2D eigenvalue weighted by Gasteiger charge is -2.28. The molecule has 2 saturated carbocycles. The fourth-order valence-electron chi connectivity index (χ4n) is 1.68. The van der Waals surface area contributed by atoms with Crippen LogP contribution in [0, 0.1) is 31.1 Å². The molecule has 166 valence electrons. The van der Waals surface area contributed by atoms with Gasteiger partial charge in [0.15, 0.2) is 0 Å². The van der Waals surface area contributed by atoms with E-state index in [1.54, 1.807) is 48.5 Å². The zero-order valence-corrected chi connectivity index (χ0v) is 19.1. The second-order valence-electron chi connectivity index (χ2n) is 8.66. The largest absolute Gasteiger partial charge is 0.443 e. The molecule has 0 saturated heterocycles. The summed E-state index contributed by atoms with van der Waals surface area (Å²) in [4.78, 5) is 23.7. The number of nitrogens with two attached hydrogens (primary N) is 1. The molecule has 0 bridgehead atoms. The summed E-state index contributed by atoms with van der Waals surface area (Å²) in [5, 5.41) is 1.22. The van der Waals surface area contributed by atoms with Gasteiger partial charge < -0.3 is 15.2 Å². The van der Waals surface area contributed by atoms with Crippen LogP contribution in [0.1, 0.15) is 74.1 Å². The van der Waals surface area contributed by atoms with Crippen LogP contribution >= 0.6 is 0 Å². The predicted octanol–water partition coefficient (Wildman–Crippen LogP) is 4.07. The van der Waals surface area contributed by atoms with Crippen molar-refractivity contribution in [1.29, 1.82) is 0 Å². The van der Waals surface area contributed by atoms with Gasteiger partial charge in [0.2, 0.25) is 0 Å². The minimum atomic E-state index is -0.648. The SMILES string of the molecule is C#C.C#CC.CC(C)(C)OC(=O)NN(C(=O)OC(C)(C)C)C1CC1.NCC1CC1. The van der Waals surface area contributed by atoms with Gasteiger partial charge >= 0.3 is 12.2 Å². The molecule has 2 aliphatic carbocycles. The van der Waals surface area contributed by atoms with Gasteiger partial charge in [-0.05, 0) is 86.6 Å². The van der Waals surface area contributed by atoms with Crippen molar-refractivity contribution in [2.75, 3.05) is 6.54 Å². The summed E-state index contributed by atoms with van der Waals surface area (Å²) in [6.07, 6.45) is 15.9. The van der Waals surface area contributed by atoms with Crippen LogP contribution in [0.5, 0.6) is 0 Å². The first-order valence-corrected chi connectivity index (χ1v) is 9.75. The topological polar surface area (TPSA) is 93.9 Å². The van der Waals surface area contributed by atoms with Crippen molar-refractivity contribution >= 4 is 12.2 Å². The summed E-state index contributed by atoms with van der Waals surface area (Å²) in [7, 11) is 0. The molecule has 0 spiro atoms. The van der Waals surface area contributed by atoms with Crippen LogP contribution in [0.15, 0.2) is 0 Å². The van der Waals surface area contributed by atoms with Crippen molar-refractivity contribution in [3.8, 4) is 25.2 Å². The average Bonchev–Trinajstić information content (AvgIpc) is 3.47. The van der Waals surface area contributed by atoms with Gasteiger partial charge in [0.25, 0.3) is 0 Å². The van der Waals surface area contributed by atoms with E-state index in [-0.39, 0.29) is 6.04 Å². The van der Waals surface area contributed by atoms with Crippen molar-refractivity contribution < 1.29 is 19.1 Å². The number of rotatable bonds is 2. The maximum atomic E-state index is 12.0. The lowest BCUT2D eigenvalue weighted by molar-refractivity contribution is -0.000694. The second kappa shape index (κ2) is 13.7. The van der Waals surface area contributed by atoms with Crippen LogP contribution in [-0.4, -0.2) is 41.0 Å². The highest BCUT2D eigenvalue weighted by atomic mass is 16.6. The fourth-order valence-corrected chi connectivity index (χ4v) is 1.68. The Hall–Kier alpha value is -2.38. The molecular formula is C22H39N3O4. The standard InChI is InChI=1S/C13H24N2O4.C4H9N.C3H4.C2H2/c1-12(2,3)18-10(16)14-15(9-7-8-9)11(17)19-13(4,5)6;5-3-4-1-2-4;1-3-2;1-2/h9H,7-8H2,1-6H3,(H,14,16);4H,1-3,5H2;1H,2H3;1-2H. The second-order valence-corrected chi connectivity index (χ2v) is 8.66. The van der Waals surface area contributed by atoms with E-state index in [9.17, 15) is 9.59 Å². The number of amides is 2. The molecule has 0 aromatic rings. The van der Waals surface area contributed by atoms with Crippen LogP contribution in [-0.2, 0) is 9.47 Å². The van der Waals surface area contributed by atoms with E-state index in [0.717, 1.165) is 25.3 Å². The number of carbonyl (C=O) groups is 2. The molecule has 0 aromatic heterocycles. The number of hydrogen-bond acceptors (Lipinski definition) is 5. The highest BCUT2D eigenvalue weighted by Crippen LogP contribution is 2.27. The first kappa shape index (κ1) is 28.8. The number of hydrogen-bond donors (Lipinski definition) is 2. The summed E-state index contributed by atoms with van der Waals surface area (Å²) in [6.45, 7) is 13.2. The third-order valence-corrected chi connectivity index (χ3v) is 3.14. The van der Waals surface area contributed by atoms with Crippen LogP contribution in [0.25, 0.3) is 0 Å². The van der Waals surface area contributed by atoms with Crippen molar-refractivity contribution in [3.05, 3.63) is 0 Å². The first-order valence-electron chi connectivity index (χ1n) is 9.75. The van der Waals surface area contributed by atoms with E-state index in [1.165, 1.54) is 17.9 Å². The Bertz CT molecular complexity index is 545. The van der Waals surface area contributed by atoms with Crippen molar-refractivity contribution in [2.45, 2.75) is 91.4 Å². The summed E-state index contributed by atoms with van der Waals surface area (Å²) >= 11 is 0. The molecule has 2 rings (SSSR count). The van der Waals surface area contributed by atoms with E-state index in [0.29, 0.717) is 0 Å². The maximum absolute atomic E-state index is 12.0. The van der Waals surface area contributed by atoms with Gasteiger partial charge in [-0.2, -0.15) is 0 Å². The Morgan fingerprint density at radius 1 is 1.03 bits per heavy atom. The zero-order valence-electron chi connectivity index (χ0n) is 19.1. The Kier molecular flexibility index (Phi) is 13.7. The maximum Gasteiger partial charge on any atom is 0.429 e. The summed E-state index contributed by atoms with van der Waals surface area (Å²) in [5.41, 5.74) is 6.49. The average molecular weight is 410 g/mol. The quantitative estimate of drug-likeness (QED) is 0.530. The molecule has 0 aromatic carbocycles. The van der Waals surface area contributed by atoms with E-state index >= 15 is 0 Å². The Balaban J connectivity index is 0. The Labute approximate surface area is 177 Å². The molecule has 2 amide bonds. The van der Waals surface area contributed by atoms with E-state index in [1.807, 2.05) is 0 Å². The number of ether oxygens (including phenoxy) is 2. The predicted molar refractivity (Wildman–Crippen MR) is 117 cm³/mol. The van der Waals surface area contributed by atoms with E-state index in [4.69, 9.17) is 15.2 Å². The minimum absolute atomic E-state index is 0.00219. The van der Waals surface area contributed by atoms with Gasteiger partial charge in [0.05, 0.1) is 6.04 Å². The Morgan fingerprint density at radius 3 is 1.69 bits per heavy atom. The molecular weight excluding hydrogens is 370 g/mol. The van der Waals surface area contributed by atoms with Crippen LogP contribution in [0.4, 0.5) is 9.59 Å². The molecule has 7 nitrogen and oxygen atoms in total. The van der Waals surface area contributed by atoms with E-state index in [2.05, 4.69) is 30.6 Å². The molecule has 0 heterocycles. The molecule has 0 aliphatic heterocycles. The minimum Gasteiger partial charge on any atom is -0.443 e. The summed E-state index contributed by atoms with van der Waals surface area (Å²) in [6, 6.07) is 0.00219. The molecule has 2 aliphatic rings. The molecule has 29 heavy (non-hydrogen) atoms. The van der Waals surface area contributed by atoms with Crippen LogP contribution < -0.4 is 11.2 Å². The fraction of sp³-hybridized carbons (Fsp3) is 0.727. The van der Waals surface area contributed by atoms with Crippen molar-refractivity contribution in [2.24, 2.45) is 11.7 Å². The smallest absolute Gasteiger partial charge is 0.429 e. The monoisotopic (exact) mass is 409 g/mol. The normalized spacial score (nSPS) is 14.7. The highest BCUT2D eigenvalue weighted by molar-refractivity contribution is 5.75. The zero-order chi connectivity index (χ0) is 23.3. The van der Waals surface area contributed by atoms with Crippen molar-refractivity contribution in [3.63, 3.8) is 0 Å². The first-order chi connectivity index (χ1) is 13.3. The number of terminal acetylenes is 2. The van der Waals surface area contributed by atoms with Crippen LogP contribution in [0.3, 0.4) is 0 Å². The van der Waals surface area contributed by atoms with E-state index < -0.39 is 23.4 Å². The van der Waals surface area contributed by atoms with Gasteiger partial charge in [-0.25, -0.2) is 20.0 Å². The van der Waals surface area contributed by atoms with Gasteiger partial charge in [0.1, 0.15) is 11.2 Å². The number of hydrazine groups is 1. The summed E-state index contributed by atoms with van der Waals surface area (Å²) in [5.74, 6) is 3.16. The molecule has 2 fully saturated rings.